The van der Waals surface area contributed by atoms with E-state index in [2.05, 4.69) is 22.3 Å². The van der Waals surface area contributed by atoms with Crippen molar-refractivity contribution >= 4 is 0 Å². The van der Waals surface area contributed by atoms with Crippen LogP contribution in [0.15, 0.2) is 6.33 Å². The van der Waals surface area contributed by atoms with Crippen molar-refractivity contribution in [2.45, 2.75) is 51.5 Å². The van der Waals surface area contributed by atoms with E-state index in [1.807, 2.05) is 11.7 Å². The fraction of sp³-hybridized carbons (Fsp3) is 0.846. The molecule has 1 unspecified atom stereocenters. The first-order valence-corrected chi connectivity index (χ1v) is 6.87. The van der Waals surface area contributed by atoms with Gasteiger partial charge in [-0.2, -0.15) is 5.10 Å². The zero-order valence-electron chi connectivity index (χ0n) is 11.0. The standard InChI is InChI=1S/C13H24N4/c1-3-9-14-12(11-7-8-11)5-4-6-13-15-10-16-17(13)2/h10-12,14H,3-9H2,1-2H3. The van der Waals surface area contributed by atoms with Gasteiger partial charge in [0.2, 0.25) is 0 Å². The van der Waals surface area contributed by atoms with Crippen LogP contribution in [0.5, 0.6) is 0 Å². The fourth-order valence-corrected chi connectivity index (χ4v) is 2.36. The van der Waals surface area contributed by atoms with Crippen molar-refractivity contribution in [1.82, 2.24) is 20.1 Å². The number of nitrogens with one attached hydrogen (secondary N) is 1. The Kier molecular flexibility index (Phi) is 4.54. The van der Waals surface area contributed by atoms with Gasteiger partial charge in [-0.05, 0) is 44.6 Å². The van der Waals surface area contributed by atoms with Gasteiger partial charge in [0.15, 0.2) is 0 Å². The van der Waals surface area contributed by atoms with Crippen LogP contribution in [0.2, 0.25) is 0 Å². The lowest BCUT2D eigenvalue weighted by atomic mass is 10.0. The predicted octanol–water partition coefficient (Wildman–Crippen LogP) is 1.92. The Balaban J connectivity index is 1.70. The molecule has 17 heavy (non-hydrogen) atoms. The minimum Gasteiger partial charge on any atom is -0.314 e. The third kappa shape index (κ3) is 3.80. The van der Waals surface area contributed by atoms with E-state index < -0.39 is 0 Å². The van der Waals surface area contributed by atoms with Gasteiger partial charge >= 0.3 is 0 Å². The maximum Gasteiger partial charge on any atom is 0.138 e. The monoisotopic (exact) mass is 236 g/mol. The maximum atomic E-state index is 4.27. The molecule has 1 aliphatic rings. The fourth-order valence-electron chi connectivity index (χ4n) is 2.36. The molecule has 1 saturated carbocycles. The topological polar surface area (TPSA) is 42.7 Å². The smallest absolute Gasteiger partial charge is 0.138 e. The molecule has 1 aliphatic carbocycles. The lowest BCUT2D eigenvalue weighted by Crippen LogP contribution is -2.31. The van der Waals surface area contributed by atoms with E-state index in [4.69, 9.17) is 0 Å². The van der Waals surface area contributed by atoms with Gasteiger partial charge in [0.05, 0.1) is 0 Å². The van der Waals surface area contributed by atoms with Gasteiger partial charge in [0.1, 0.15) is 12.2 Å². The second kappa shape index (κ2) is 6.15. The minimum absolute atomic E-state index is 0.739. The van der Waals surface area contributed by atoms with Crippen LogP contribution in [0, 0.1) is 5.92 Å². The van der Waals surface area contributed by atoms with Crippen LogP contribution in [0.3, 0.4) is 0 Å². The van der Waals surface area contributed by atoms with E-state index >= 15 is 0 Å². The SMILES string of the molecule is CCCNC(CCCc1ncnn1C)C1CC1. The molecular formula is C13H24N4. The zero-order chi connectivity index (χ0) is 12.1. The first-order chi connectivity index (χ1) is 8.31. The molecule has 1 N–H and O–H groups in total. The van der Waals surface area contributed by atoms with Crippen LogP contribution < -0.4 is 5.32 Å². The highest BCUT2D eigenvalue weighted by molar-refractivity contribution is 4.88. The van der Waals surface area contributed by atoms with Crippen molar-refractivity contribution in [3.63, 3.8) is 0 Å². The molecule has 1 aromatic heterocycles. The van der Waals surface area contributed by atoms with E-state index in [1.165, 1.54) is 32.1 Å². The lowest BCUT2D eigenvalue weighted by Gasteiger charge is -2.17. The molecule has 1 fully saturated rings. The summed E-state index contributed by atoms with van der Waals surface area (Å²) < 4.78 is 1.88. The number of aromatic nitrogens is 3. The molecule has 1 heterocycles. The van der Waals surface area contributed by atoms with E-state index in [9.17, 15) is 0 Å². The number of aryl methyl sites for hydroxylation is 2. The molecule has 0 bridgehead atoms. The first-order valence-electron chi connectivity index (χ1n) is 6.87. The highest BCUT2D eigenvalue weighted by Crippen LogP contribution is 2.34. The van der Waals surface area contributed by atoms with E-state index in [0.717, 1.165) is 30.7 Å². The normalized spacial score (nSPS) is 17.3. The maximum absolute atomic E-state index is 4.27. The van der Waals surface area contributed by atoms with Gasteiger partial charge in [-0.3, -0.25) is 4.68 Å². The molecule has 1 atom stereocenters. The summed E-state index contributed by atoms with van der Waals surface area (Å²) in [4.78, 5) is 4.27. The van der Waals surface area contributed by atoms with Gasteiger partial charge in [-0.25, -0.2) is 4.98 Å². The Morgan fingerprint density at radius 1 is 1.53 bits per heavy atom. The molecule has 0 saturated heterocycles. The minimum atomic E-state index is 0.739. The summed E-state index contributed by atoms with van der Waals surface area (Å²) in [6, 6.07) is 0.739. The molecule has 0 spiro atoms. The summed E-state index contributed by atoms with van der Waals surface area (Å²) >= 11 is 0. The van der Waals surface area contributed by atoms with Crippen LogP contribution in [0.4, 0.5) is 0 Å². The van der Waals surface area contributed by atoms with Gasteiger partial charge in [-0.1, -0.05) is 6.92 Å². The quantitative estimate of drug-likeness (QED) is 0.750. The van der Waals surface area contributed by atoms with E-state index in [1.54, 1.807) is 6.33 Å². The Labute approximate surface area is 104 Å². The highest BCUT2D eigenvalue weighted by Gasteiger charge is 2.30. The molecule has 4 nitrogen and oxygen atoms in total. The molecule has 2 rings (SSSR count). The van der Waals surface area contributed by atoms with Gasteiger partial charge in [0, 0.05) is 19.5 Å². The Morgan fingerprint density at radius 2 is 2.35 bits per heavy atom. The van der Waals surface area contributed by atoms with Crippen molar-refractivity contribution in [2.24, 2.45) is 13.0 Å². The zero-order valence-corrected chi connectivity index (χ0v) is 11.0. The molecule has 0 aliphatic heterocycles. The van der Waals surface area contributed by atoms with Crippen molar-refractivity contribution in [3.8, 4) is 0 Å². The molecule has 0 amide bonds. The highest BCUT2D eigenvalue weighted by atomic mass is 15.3. The van der Waals surface area contributed by atoms with Crippen LogP contribution >= 0.6 is 0 Å². The molecule has 96 valence electrons. The third-order valence-corrected chi connectivity index (χ3v) is 3.57. The Bertz CT molecular complexity index is 330. The molecular weight excluding hydrogens is 212 g/mol. The second-order valence-corrected chi connectivity index (χ2v) is 5.09. The van der Waals surface area contributed by atoms with Gasteiger partial charge < -0.3 is 5.32 Å². The predicted molar refractivity (Wildman–Crippen MR) is 68.7 cm³/mol. The van der Waals surface area contributed by atoms with Crippen molar-refractivity contribution in [3.05, 3.63) is 12.2 Å². The summed E-state index contributed by atoms with van der Waals surface area (Å²) in [5.41, 5.74) is 0. The molecule has 4 heteroatoms. The van der Waals surface area contributed by atoms with Crippen LogP contribution in [0.1, 0.15) is 44.9 Å². The summed E-state index contributed by atoms with van der Waals surface area (Å²) in [7, 11) is 1.97. The second-order valence-electron chi connectivity index (χ2n) is 5.09. The summed E-state index contributed by atoms with van der Waals surface area (Å²) in [5, 5.41) is 7.78. The van der Waals surface area contributed by atoms with Crippen LogP contribution in [-0.2, 0) is 13.5 Å². The summed E-state index contributed by atoms with van der Waals surface area (Å²) in [6.45, 7) is 3.39. The molecule has 1 aromatic rings. The van der Waals surface area contributed by atoms with Crippen LogP contribution in [0.25, 0.3) is 0 Å². The third-order valence-electron chi connectivity index (χ3n) is 3.57. The number of rotatable bonds is 8. The van der Waals surface area contributed by atoms with Gasteiger partial charge in [0.25, 0.3) is 0 Å². The first kappa shape index (κ1) is 12.6. The summed E-state index contributed by atoms with van der Waals surface area (Å²) in [6.07, 6.45) is 9.25. The van der Waals surface area contributed by atoms with Crippen molar-refractivity contribution in [2.75, 3.05) is 6.54 Å². The van der Waals surface area contributed by atoms with E-state index in [0.29, 0.717) is 0 Å². The van der Waals surface area contributed by atoms with E-state index in [-0.39, 0.29) is 0 Å². The number of hydrogen-bond donors (Lipinski definition) is 1. The Hall–Kier alpha value is -0.900. The Morgan fingerprint density at radius 3 is 2.94 bits per heavy atom. The number of nitrogens with zero attached hydrogens (tertiary/aromatic N) is 3. The molecule has 0 radical (unpaired) electrons. The average molecular weight is 236 g/mol. The average Bonchev–Trinajstić information content (AvgIpc) is 3.09. The summed E-state index contributed by atoms with van der Waals surface area (Å²) in [5.74, 6) is 2.05. The largest absolute Gasteiger partial charge is 0.314 e. The van der Waals surface area contributed by atoms with Crippen LogP contribution in [-0.4, -0.2) is 27.4 Å². The number of hydrogen-bond acceptors (Lipinski definition) is 3. The van der Waals surface area contributed by atoms with Crippen molar-refractivity contribution < 1.29 is 0 Å². The lowest BCUT2D eigenvalue weighted by molar-refractivity contribution is 0.422. The van der Waals surface area contributed by atoms with Crippen molar-refractivity contribution in [1.29, 1.82) is 0 Å². The van der Waals surface area contributed by atoms with Gasteiger partial charge in [-0.15, -0.1) is 0 Å². The molecule has 0 aromatic carbocycles.